The number of ether oxygens (including phenoxy) is 8. The Morgan fingerprint density at radius 3 is 0.598 bits per heavy atom. The highest BCUT2D eigenvalue weighted by Crippen LogP contribution is 2.29. The molecule has 0 aliphatic rings. The van der Waals surface area contributed by atoms with E-state index in [2.05, 4.69) is 24.3 Å². The average molecular weight is 1300 g/mol. The molecule has 0 fully saturated rings. The lowest BCUT2D eigenvalue weighted by Gasteiger charge is -2.31. The van der Waals surface area contributed by atoms with E-state index >= 15 is 0 Å². The van der Waals surface area contributed by atoms with Crippen LogP contribution in [0.1, 0.15) is 125 Å². The summed E-state index contributed by atoms with van der Waals surface area (Å²) in [5.74, 6) is 0.735. The monoisotopic (exact) mass is 1300 g/mol. The zero-order valence-electron chi connectivity index (χ0n) is 54.6. The van der Waals surface area contributed by atoms with Crippen molar-refractivity contribution in [3.8, 4) is 91.8 Å². The first kappa shape index (κ1) is 71.6. The Kier molecular flexibility index (Phi) is 29.2. The van der Waals surface area contributed by atoms with Crippen molar-refractivity contribution < 1.29 is 57.1 Å². The van der Waals surface area contributed by atoms with Crippen LogP contribution in [0.3, 0.4) is 0 Å². The lowest BCUT2D eigenvalue weighted by atomic mass is 9.92. The van der Waals surface area contributed by atoms with E-state index < -0.39 is 29.3 Å². The Bertz CT molecular complexity index is 3400. The van der Waals surface area contributed by atoms with Crippen LogP contribution in [0.5, 0.6) is 23.0 Å². The molecule has 0 heterocycles. The Labute approximate surface area is 568 Å². The van der Waals surface area contributed by atoms with Gasteiger partial charge in [0.25, 0.3) is 0 Å². The molecule has 0 radical (unpaired) electrons. The van der Waals surface area contributed by atoms with E-state index in [0.29, 0.717) is 149 Å². The van der Waals surface area contributed by atoms with E-state index in [1.807, 2.05) is 146 Å². The Hall–Kier alpha value is -11.2. The minimum absolute atomic E-state index is 0.0730. The van der Waals surface area contributed by atoms with Gasteiger partial charge in [-0.15, -0.1) is 0 Å². The second-order valence-electron chi connectivity index (χ2n) is 23.6. The van der Waals surface area contributed by atoms with Crippen LogP contribution in [-0.4, -0.2) is 76.7 Å². The molecule has 16 heteroatoms. The van der Waals surface area contributed by atoms with Crippen molar-refractivity contribution >= 4 is 23.9 Å². The molecule has 0 saturated heterocycles. The molecule has 8 aromatic carbocycles. The summed E-state index contributed by atoms with van der Waals surface area (Å²) in [6, 6.07) is 68.8. The molecule has 16 nitrogen and oxygen atoms in total. The largest absolute Gasteiger partial charge is 0.494 e. The van der Waals surface area contributed by atoms with Crippen molar-refractivity contribution in [3.05, 3.63) is 216 Å². The van der Waals surface area contributed by atoms with E-state index in [-0.39, 0.29) is 52.1 Å². The highest BCUT2D eigenvalue weighted by atomic mass is 16.6. The Balaban J connectivity index is 0.834. The molecule has 8 rings (SSSR count). The van der Waals surface area contributed by atoms with Crippen molar-refractivity contribution in [1.82, 2.24) is 0 Å². The van der Waals surface area contributed by atoms with Crippen LogP contribution in [0.4, 0.5) is 0 Å². The van der Waals surface area contributed by atoms with Gasteiger partial charge in [-0.25, -0.2) is 0 Å². The number of unbranched alkanes of at least 4 members (excludes halogenated alkanes) is 8. The second-order valence-corrected chi connectivity index (χ2v) is 23.6. The number of nitrogens with zero attached hydrogens (tertiary/aromatic N) is 4. The van der Waals surface area contributed by atoms with Gasteiger partial charge in [0.05, 0.1) is 73.0 Å². The van der Waals surface area contributed by atoms with Crippen molar-refractivity contribution in [2.75, 3.05) is 52.9 Å². The summed E-state index contributed by atoms with van der Waals surface area (Å²) in [7, 11) is 0. The topological polar surface area (TPSA) is 237 Å². The summed E-state index contributed by atoms with van der Waals surface area (Å²) in [5.41, 5.74) is 8.86. The molecule has 8 aromatic rings. The third kappa shape index (κ3) is 24.9. The van der Waals surface area contributed by atoms with Crippen molar-refractivity contribution in [1.29, 1.82) is 21.0 Å². The molecule has 0 spiro atoms. The normalized spacial score (nSPS) is 10.8. The third-order valence-electron chi connectivity index (χ3n) is 16.1. The Morgan fingerprint density at radius 1 is 0.247 bits per heavy atom. The minimum Gasteiger partial charge on any atom is -0.494 e. The predicted octanol–water partition coefficient (Wildman–Crippen LogP) is 16.9. The van der Waals surface area contributed by atoms with Gasteiger partial charge in [0.15, 0.2) is 0 Å². The first-order valence-electron chi connectivity index (χ1n) is 33.1. The summed E-state index contributed by atoms with van der Waals surface area (Å²) < 4.78 is 47.6. The number of nitriles is 4. The molecule has 0 amide bonds. The van der Waals surface area contributed by atoms with Crippen LogP contribution < -0.4 is 18.9 Å². The smallest absolute Gasteiger partial charge is 0.305 e. The first-order valence-corrected chi connectivity index (χ1v) is 33.1. The van der Waals surface area contributed by atoms with Gasteiger partial charge in [0, 0.05) is 25.7 Å². The first-order chi connectivity index (χ1) is 47.5. The highest BCUT2D eigenvalue weighted by Gasteiger charge is 2.38. The fourth-order valence-electron chi connectivity index (χ4n) is 10.3. The third-order valence-corrected chi connectivity index (χ3v) is 16.1. The molecule has 0 bridgehead atoms. The van der Waals surface area contributed by atoms with Gasteiger partial charge in [-0.05, 0) is 219 Å². The predicted molar refractivity (Wildman–Crippen MR) is 368 cm³/mol. The number of carbonyl (C=O) groups is 4. The standard InChI is InChI=1S/C81H80N4O12/c82-53-61-17-25-65(26-18-61)69-33-41-73(42-34-69)90-49-9-1-5-13-77(86)94-57-81(58-95-78(87)14-6-2-10-50-91-74-43-35-70(36-44-74)66-27-19-62(54-83)20-28-66,59-96-79(88)15-7-3-11-51-92-75-45-37-71(38-46-75)67-29-21-63(55-84)22-30-67)60-97-80(89)16-8-4-12-52-93-76-47-39-72(40-48-76)68-31-23-64(56-85)24-32-68/h17-48H,1-16,49-52,57-60H2. The van der Waals surface area contributed by atoms with Crippen molar-refractivity contribution in [3.63, 3.8) is 0 Å². The number of esters is 4. The van der Waals surface area contributed by atoms with Crippen LogP contribution in [-0.2, 0) is 38.1 Å². The molecule has 97 heavy (non-hydrogen) atoms. The van der Waals surface area contributed by atoms with Gasteiger partial charge in [0.1, 0.15) is 54.8 Å². The fraction of sp³-hybridized carbons (Fsp3) is 0.309. The quantitative estimate of drug-likeness (QED) is 0.0197. The zero-order valence-corrected chi connectivity index (χ0v) is 54.6. The maximum absolute atomic E-state index is 13.5. The summed E-state index contributed by atoms with van der Waals surface area (Å²) in [5, 5.41) is 36.6. The van der Waals surface area contributed by atoms with E-state index in [9.17, 15) is 19.2 Å². The van der Waals surface area contributed by atoms with Gasteiger partial charge < -0.3 is 37.9 Å². The molecule has 0 aliphatic heterocycles. The van der Waals surface area contributed by atoms with Crippen molar-refractivity contribution in [2.45, 2.75) is 103 Å². The van der Waals surface area contributed by atoms with Crippen LogP contribution in [0.15, 0.2) is 194 Å². The van der Waals surface area contributed by atoms with E-state index in [0.717, 1.165) is 44.5 Å². The second kappa shape index (κ2) is 39.5. The van der Waals surface area contributed by atoms with Gasteiger partial charge in [-0.3, -0.25) is 19.2 Å². The zero-order chi connectivity index (χ0) is 68.1. The van der Waals surface area contributed by atoms with E-state index in [4.69, 9.17) is 58.9 Å². The molecule has 0 unspecified atom stereocenters. The summed E-state index contributed by atoms with van der Waals surface area (Å²) in [6.07, 6.45) is 7.62. The molecule has 0 atom stereocenters. The van der Waals surface area contributed by atoms with Gasteiger partial charge in [-0.1, -0.05) is 97.1 Å². The molecule has 496 valence electrons. The maximum atomic E-state index is 13.5. The van der Waals surface area contributed by atoms with Crippen LogP contribution in [0, 0.1) is 50.7 Å². The average Bonchev–Trinajstić information content (AvgIpc) is 1.08. The molecule has 0 aliphatic carbocycles. The molecule has 0 N–H and O–H groups in total. The lowest BCUT2D eigenvalue weighted by Crippen LogP contribution is -2.44. The lowest BCUT2D eigenvalue weighted by molar-refractivity contribution is -0.170. The molecule has 0 aromatic heterocycles. The number of hydrogen-bond acceptors (Lipinski definition) is 16. The van der Waals surface area contributed by atoms with Gasteiger partial charge in [-0.2, -0.15) is 21.0 Å². The number of rotatable bonds is 40. The van der Waals surface area contributed by atoms with E-state index in [1.165, 1.54) is 0 Å². The van der Waals surface area contributed by atoms with Gasteiger partial charge in [0.2, 0.25) is 0 Å². The molecule has 0 saturated carbocycles. The van der Waals surface area contributed by atoms with Gasteiger partial charge >= 0.3 is 23.9 Å². The summed E-state index contributed by atoms with van der Waals surface area (Å²) in [6.45, 7) is 0.231. The summed E-state index contributed by atoms with van der Waals surface area (Å²) >= 11 is 0. The maximum Gasteiger partial charge on any atom is 0.305 e. The number of carbonyl (C=O) groups excluding carboxylic acids is 4. The number of benzene rings is 8. The molecular weight excluding hydrogens is 1220 g/mol. The van der Waals surface area contributed by atoms with Crippen LogP contribution in [0.25, 0.3) is 44.5 Å². The minimum atomic E-state index is -1.45. The SMILES string of the molecule is N#Cc1ccc(-c2ccc(OCCCCCC(=O)OCC(COC(=O)CCCCCOc3ccc(-c4ccc(C#N)cc4)cc3)(COC(=O)CCCCCOc3ccc(-c4ccc(C#N)cc4)cc3)COC(=O)CCCCCOc3ccc(-c4ccc(C#N)cc4)cc3)cc2)cc1. The van der Waals surface area contributed by atoms with E-state index in [1.54, 1.807) is 48.5 Å². The Morgan fingerprint density at radius 2 is 0.423 bits per heavy atom. The highest BCUT2D eigenvalue weighted by molar-refractivity contribution is 5.72. The summed E-state index contributed by atoms with van der Waals surface area (Å²) in [4.78, 5) is 54.1. The fourth-order valence-corrected chi connectivity index (χ4v) is 10.3. The molecular formula is C81H80N4O12. The van der Waals surface area contributed by atoms with Crippen molar-refractivity contribution in [2.24, 2.45) is 5.41 Å². The van der Waals surface area contributed by atoms with Crippen LogP contribution in [0.2, 0.25) is 0 Å². The number of hydrogen-bond donors (Lipinski definition) is 0. The van der Waals surface area contributed by atoms with Crippen LogP contribution >= 0.6 is 0 Å².